The number of fused-ring (bicyclic) bond motifs is 1. The van der Waals surface area contributed by atoms with Crippen LogP contribution < -0.4 is 16.0 Å². The number of para-hydroxylation sites is 1. The summed E-state index contributed by atoms with van der Waals surface area (Å²) < 4.78 is 0. The highest BCUT2D eigenvalue weighted by molar-refractivity contribution is 6.05. The molecule has 5 rings (SSSR count). The van der Waals surface area contributed by atoms with Gasteiger partial charge in [-0.05, 0) is 62.6 Å². The number of rotatable bonds is 9. The lowest BCUT2D eigenvalue weighted by Gasteiger charge is -2.12. The standard InChI is InChI=1S/C32H30N6O2/c1-38(2)20-19-33-30(39)24-11-8-12-26(21-24)34-31(40)23-15-17-25(18-16-23)35-32-36-28-14-7-6-13-27(28)29(37-32)22-9-4-3-5-10-22/h3-18,21H,19-20H2,1-2H3,(H,33,39)(H,34,40)(H,35,36,37). The van der Waals surface area contributed by atoms with E-state index in [-0.39, 0.29) is 11.8 Å². The Hall–Kier alpha value is -5.08. The molecule has 200 valence electrons. The number of benzene rings is 4. The Bertz CT molecular complexity index is 1640. The van der Waals surface area contributed by atoms with Crippen molar-refractivity contribution in [3.8, 4) is 11.3 Å². The molecular weight excluding hydrogens is 500 g/mol. The molecule has 0 aliphatic rings. The van der Waals surface area contributed by atoms with Crippen LogP contribution in [0.15, 0.2) is 103 Å². The van der Waals surface area contributed by atoms with Crippen molar-refractivity contribution in [1.82, 2.24) is 20.2 Å². The van der Waals surface area contributed by atoms with E-state index in [1.807, 2.05) is 85.7 Å². The Morgan fingerprint density at radius 3 is 2.25 bits per heavy atom. The van der Waals surface area contributed by atoms with Crippen molar-refractivity contribution < 1.29 is 9.59 Å². The third kappa shape index (κ3) is 6.48. The Morgan fingerprint density at radius 2 is 1.48 bits per heavy atom. The minimum absolute atomic E-state index is 0.181. The summed E-state index contributed by atoms with van der Waals surface area (Å²) in [5.74, 6) is 0.0140. The first-order valence-corrected chi connectivity index (χ1v) is 13.0. The van der Waals surface area contributed by atoms with Crippen LogP contribution in [0.5, 0.6) is 0 Å². The first-order chi connectivity index (χ1) is 19.5. The summed E-state index contributed by atoms with van der Waals surface area (Å²) in [6.45, 7) is 1.29. The molecule has 8 heteroatoms. The fourth-order valence-corrected chi connectivity index (χ4v) is 4.22. The average Bonchev–Trinajstić information content (AvgIpc) is 2.97. The molecule has 40 heavy (non-hydrogen) atoms. The predicted molar refractivity (Wildman–Crippen MR) is 160 cm³/mol. The van der Waals surface area contributed by atoms with Gasteiger partial charge in [-0.25, -0.2) is 9.97 Å². The van der Waals surface area contributed by atoms with Gasteiger partial charge in [-0.15, -0.1) is 0 Å². The van der Waals surface area contributed by atoms with Gasteiger partial charge in [0.1, 0.15) is 0 Å². The summed E-state index contributed by atoms with van der Waals surface area (Å²) in [5, 5.41) is 9.99. The van der Waals surface area contributed by atoms with Gasteiger partial charge in [-0.2, -0.15) is 0 Å². The van der Waals surface area contributed by atoms with Gasteiger partial charge >= 0.3 is 0 Å². The van der Waals surface area contributed by atoms with Crippen molar-refractivity contribution >= 4 is 40.0 Å². The second-order valence-corrected chi connectivity index (χ2v) is 9.58. The Labute approximate surface area is 233 Å². The molecule has 0 radical (unpaired) electrons. The summed E-state index contributed by atoms with van der Waals surface area (Å²) in [6.07, 6.45) is 0. The van der Waals surface area contributed by atoms with E-state index in [0.29, 0.717) is 29.3 Å². The van der Waals surface area contributed by atoms with Crippen LogP contribution in [-0.2, 0) is 0 Å². The first-order valence-electron chi connectivity index (χ1n) is 13.0. The third-order valence-corrected chi connectivity index (χ3v) is 6.28. The van der Waals surface area contributed by atoms with Crippen LogP contribution in [0.4, 0.5) is 17.3 Å². The highest BCUT2D eigenvalue weighted by atomic mass is 16.2. The molecule has 0 bridgehead atoms. The molecule has 0 unspecified atom stereocenters. The molecule has 5 aromatic rings. The summed E-state index contributed by atoms with van der Waals surface area (Å²) >= 11 is 0. The number of aromatic nitrogens is 2. The third-order valence-electron chi connectivity index (χ3n) is 6.28. The van der Waals surface area contributed by atoms with Crippen LogP contribution in [0.2, 0.25) is 0 Å². The maximum atomic E-state index is 12.9. The molecule has 0 aliphatic carbocycles. The highest BCUT2D eigenvalue weighted by Crippen LogP contribution is 2.28. The minimum atomic E-state index is -0.273. The smallest absolute Gasteiger partial charge is 0.255 e. The maximum Gasteiger partial charge on any atom is 0.255 e. The molecule has 2 amide bonds. The molecule has 3 N–H and O–H groups in total. The van der Waals surface area contributed by atoms with Crippen molar-refractivity contribution in [2.75, 3.05) is 37.8 Å². The second-order valence-electron chi connectivity index (χ2n) is 9.58. The van der Waals surface area contributed by atoms with Gasteiger partial charge in [-0.1, -0.05) is 54.6 Å². The Morgan fingerprint density at radius 1 is 0.725 bits per heavy atom. The summed E-state index contributed by atoms with van der Waals surface area (Å²) in [6, 6.07) is 31.9. The molecule has 4 aromatic carbocycles. The van der Waals surface area contributed by atoms with Crippen LogP contribution in [0.3, 0.4) is 0 Å². The normalized spacial score (nSPS) is 10.9. The zero-order valence-electron chi connectivity index (χ0n) is 22.4. The number of nitrogens with zero attached hydrogens (tertiary/aromatic N) is 3. The quantitative estimate of drug-likeness (QED) is 0.230. The van der Waals surface area contributed by atoms with Gasteiger partial charge in [0.2, 0.25) is 5.95 Å². The molecule has 0 aliphatic heterocycles. The number of anilines is 3. The van der Waals surface area contributed by atoms with Crippen LogP contribution in [0.25, 0.3) is 22.2 Å². The summed E-state index contributed by atoms with van der Waals surface area (Å²) in [7, 11) is 3.90. The van der Waals surface area contributed by atoms with Crippen LogP contribution in [0, 0.1) is 0 Å². The number of nitrogens with one attached hydrogen (secondary N) is 3. The largest absolute Gasteiger partial charge is 0.351 e. The van der Waals surface area contributed by atoms with E-state index in [2.05, 4.69) is 20.9 Å². The van der Waals surface area contributed by atoms with E-state index in [1.165, 1.54) is 0 Å². The van der Waals surface area contributed by atoms with E-state index in [0.717, 1.165) is 34.4 Å². The van der Waals surface area contributed by atoms with E-state index in [9.17, 15) is 9.59 Å². The minimum Gasteiger partial charge on any atom is -0.351 e. The van der Waals surface area contributed by atoms with Crippen molar-refractivity contribution in [2.24, 2.45) is 0 Å². The molecule has 1 heterocycles. The SMILES string of the molecule is CN(C)CCNC(=O)c1cccc(NC(=O)c2ccc(Nc3nc(-c4ccccc4)c4ccccc4n3)cc2)c1. The molecule has 1 aromatic heterocycles. The van der Waals surface area contributed by atoms with Gasteiger partial charge in [0.25, 0.3) is 11.8 Å². The van der Waals surface area contributed by atoms with E-state index < -0.39 is 0 Å². The maximum absolute atomic E-state index is 12.9. The Balaban J connectivity index is 1.28. The van der Waals surface area contributed by atoms with Crippen molar-refractivity contribution in [1.29, 1.82) is 0 Å². The fraction of sp³-hybridized carbons (Fsp3) is 0.125. The summed E-state index contributed by atoms with van der Waals surface area (Å²) in [4.78, 5) is 36.8. The van der Waals surface area contributed by atoms with Gasteiger partial charge in [0.05, 0.1) is 11.2 Å². The van der Waals surface area contributed by atoms with E-state index in [4.69, 9.17) is 4.98 Å². The number of hydrogen-bond donors (Lipinski definition) is 3. The van der Waals surface area contributed by atoms with Crippen LogP contribution in [0.1, 0.15) is 20.7 Å². The lowest BCUT2D eigenvalue weighted by molar-refractivity contribution is 0.0949. The topological polar surface area (TPSA) is 99.2 Å². The van der Waals surface area contributed by atoms with Gasteiger partial charge in [0.15, 0.2) is 0 Å². The molecule has 8 nitrogen and oxygen atoms in total. The lowest BCUT2D eigenvalue weighted by atomic mass is 10.1. The van der Waals surface area contributed by atoms with Gasteiger partial charge < -0.3 is 20.9 Å². The number of likely N-dealkylation sites (N-methyl/N-ethyl adjacent to an activating group) is 1. The van der Waals surface area contributed by atoms with Gasteiger partial charge in [-0.3, -0.25) is 9.59 Å². The number of carbonyl (C=O) groups is 2. The van der Waals surface area contributed by atoms with Crippen LogP contribution in [-0.4, -0.2) is 53.9 Å². The predicted octanol–water partition coefficient (Wildman–Crippen LogP) is 5.58. The molecule has 0 atom stereocenters. The lowest BCUT2D eigenvalue weighted by Crippen LogP contribution is -2.31. The number of hydrogen-bond acceptors (Lipinski definition) is 6. The Kier molecular flexibility index (Phi) is 8.08. The first kappa shape index (κ1) is 26.5. The summed E-state index contributed by atoms with van der Waals surface area (Å²) in [5.41, 5.74) is 4.96. The van der Waals surface area contributed by atoms with Crippen molar-refractivity contribution in [2.45, 2.75) is 0 Å². The molecule has 0 saturated carbocycles. The second kappa shape index (κ2) is 12.2. The number of amides is 2. The molecule has 0 spiro atoms. The zero-order chi connectivity index (χ0) is 27.9. The molecule has 0 saturated heterocycles. The van der Waals surface area contributed by atoms with Crippen molar-refractivity contribution in [3.05, 3.63) is 114 Å². The fourth-order valence-electron chi connectivity index (χ4n) is 4.22. The van der Waals surface area contributed by atoms with E-state index >= 15 is 0 Å². The van der Waals surface area contributed by atoms with Crippen LogP contribution >= 0.6 is 0 Å². The molecule has 0 fully saturated rings. The zero-order valence-corrected chi connectivity index (χ0v) is 22.4. The average molecular weight is 531 g/mol. The number of carbonyl (C=O) groups excluding carboxylic acids is 2. The monoisotopic (exact) mass is 530 g/mol. The molecular formula is C32H30N6O2. The van der Waals surface area contributed by atoms with Crippen molar-refractivity contribution in [3.63, 3.8) is 0 Å². The highest BCUT2D eigenvalue weighted by Gasteiger charge is 2.12. The van der Waals surface area contributed by atoms with E-state index in [1.54, 1.807) is 36.4 Å². The van der Waals surface area contributed by atoms with Gasteiger partial charge in [0, 0.05) is 46.5 Å².